The van der Waals surface area contributed by atoms with Crippen molar-refractivity contribution in [3.63, 3.8) is 0 Å². The Morgan fingerprint density at radius 2 is 0.887 bits per heavy atom. The molecule has 0 aromatic rings. The maximum Gasteiger partial charge on any atom is 0.384 e. The van der Waals surface area contributed by atoms with Crippen molar-refractivity contribution in [1.29, 1.82) is 0 Å². The van der Waals surface area contributed by atoms with Gasteiger partial charge in [0, 0.05) is 5.75 Å². The number of hydrogen-bond donors (Lipinski definition) is 0. The molecule has 0 fully saturated rings. The zero-order valence-electron chi connectivity index (χ0n) is 25.2. The second-order valence-corrected chi connectivity index (χ2v) is 14.7. The maximum absolute atomic E-state index is 14.0. The minimum absolute atomic E-state index is 0.0768. The molecule has 0 aromatic carbocycles. The lowest BCUT2D eigenvalue weighted by Crippen LogP contribution is -2.69. The van der Waals surface area contributed by atoms with E-state index in [0.717, 1.165) is 0 Å². The Labute approximate surface area is 297 Å². The smallest absolute Gasteiger partial charge is 0.384 e. The van der Waals surface area contributed by atoms with Gasteiger partial charge in [0.2, 0.25) is 22.9 Å². The molecule has 316 valence electrons. The van der Waals surface area contributed by atoms with Crippen LogP contribution >= 0.6 is 34.6 Å². The average molecular weight is 976 g/mol. The predicted octanol–water partition coefficient (Wildman–Crippen LogP) is 8.87. The topological polar surface area (TPSA) is 52.6 Å². The van der Waals surface area contributed by atoms with E-state index in [-0.39, 0.29) is 21.0 Å². The molecule has 0 amide bonds. The van der Waals surface area contributed by atoms with Crippen LogP contribution in [0.3, 0.4) is 0 Å². The lowest BCUT2D eigenvalue weighted by Gasteiger charge is -2.39. The quantitative estimate of drug-likeness (QED) is 0.0499. The summed E-state index contributed by atoms with van der Waals surface area (Å²) in [5.74, 6) is -81.8. The van der Waals surface area contributed by atoms with E-state index in [0.29, 0.717) is 0 Å². The minimum Gasteiger partial charge on any atom is -0.459 e. The highest BCUT2D eigenvalue weighted by atomic mass is 127. The monoisotopic (exact) mass is 976 g/mol. The van der Waals surface area contributed by atoms with Crippen LogP contribution in [-0.2, 0) is 19.1 Å². The second-order valence-electron chi connectivity index (χ2n) is 10.8. The first kappa shape index (κ1) is 51.3. The van der Waals surface area contributed by atoms with Crippen LogP contribution in [0.4, 0.5) is 105 Å². The normalized spacial score (nSPS) is 15.9. The number of quaternary nitrogens is 1. The highest BCUT2D eigenvalue weighted by molar-refractivity contribution is 14.1. The van der Waals surface area contributed by atoms with Gasteiger partial charge in [0.05, 0.1) is 27.1 Å². The van der Waals surface area contributed by atoms with Crippen molar-refractivity contribution >= 4 is 46.6 Å². The molecule has 0 saturated carbocycles. The summed E-state index contributed by atoms with van der Waals surface area (Å²) >= 11 is 1.54. The van der Waals surface area contributed by atoms with E-state index >= 15 is 0 Å². The molecule has 0 N–H and O–H groups in total. The van der Waals surface area contributed by atoms with Crippen LogP contribution in [0, 0.1) is 0 Å². The minimum atomic E-state index is -8.07. The van der Waals surface area contributed by atoms with Crippen molar-refractivity contribution in [2.24, 2.45) is 0 Å². The number of nitrogens with zero attached hydrogens (tertiary/aromatic N) is 1. The van der Waals surface area contributed by atoms with E-state index in [2.05, 4.69) is 9.47 Å². The van der Waals surface area contributed by atoms with Crippen molar-refractivity contribution in [3.8, 4) is 0 Å². The Kier molecular flexibility index (Phi) is 15.5. The lowest BCUT2D eigenvalue weighted by atomic mass is 9.94. The number of rotatable bonds is 21. The van der Waals surface area contributed by atoms with Crippen LogP contribution in [0.25, 0.3) is 0 Å². The lowest BCUT2D eigenvalue weighted by molar-refractivity contribution is -0.703. The zero-order chi connectivity index (χ0) is 43.0. The molecule has 1 unspecified atom stereocenters. The molecule has 0 aliphatic rings. The summed E-state index contributed by atoms with van der Waals surface area (Å²) in [6.07, 6.45) is -13.7. The molecule has 0 bridgehead atoms. The Bertz CT molecular complexity index is 1270. The fourth-order valence-corrected chi connectivity index (χ4v) is 4.86. The Balaban J connectivity index is 6.28. The first-order chi connectivity index (χ1) is 23.0. The first-order valence-electron chi connectivity index (χ1n) is 12.8. The zero-order valence-corrected chi connectivity index (χ0v) is 28.2. The molecule has 0 aliphatic carbocycles. The van der Waals surface area contributed by atoms with Crippen LogP contribution in [0.15, 0.2) is 0 Å². The Morgan fingerprint density at radius 1 is 0.566 bits per heavy atom. The van der Waals surface area contributed by atoms with Gasteiger partial charge in [-0.3, -0.25) is 12.3 Å². The van der Waals surface area contributed by atoms with Crippen molar-refractivity contribution in [2.45, 2.75) is 83.7 Å². The summed E-state index contributed by atoms with van der Waals surface area (Å²) in [4.78, 5) is 24.3. The third-order valence-corrected chi connectivity index (χ3v) is 7.91. The van der Waals surface area contributed by atoms with Gasteiger partial charge in [-0.1, -0.05) is 0 Å². The molecular weight excluding hydrogens is 957 g/mol. The summed E-state index contributed by atoms with van der Waals surface area (Å²) in [5, 5.41) is -2.65. The van der Waals surface area contributed by atoms with Crippen molar-refractivity contribution in [3.05, 3.63) is 0 Å². The number of ether oxygens (including phenoxy) is 2. The fraction of sp³-hybridized carbons (Fsp3) is 0.909. The van der Waals surface area contributed by atoms with Crippen LogP contribution in [0.5, 0.6) is 0 Å². The van der Waals surface area contributed by atoms with Gasteiger partial charge in [-0.25, -0.2) is 17.6 Å². The molecule has 31 heteroatoms. The molecule has 1 atom stereocenters. The van der Waals surface area contributed by atoms with E-state index in [1.807, 2.05) is 0 Å². The molecule has 53 heavy (non-hydrogen) atoms. The maximum atomic E-state index is 14.0. The van der Waals surface area contributed by atoms with E-state index in [9.17, 15) is 115 Å². The predicted molar refractivity (Wildman–Crippen MR) is 135 cm³/mol. The van der Waals surface area contributed by atoms with Crippen molar-refractivity contribution < 1.29 is 127 Å². The highest BCUT2D eigenvalue weighted by Crippen LogP contribution is 2.59. The number of alkyl halides is 24. The SMILES string of the molecule is C[N+](C)(I)CCSC(CC(=O)OCC(F)(F)C(F)(F)C(F)(F)C(F)(F)C(F)(F)C(F)F)C(=O)OCC(F)(F)C(F)(F)C(F)(F)C(F)(F)C(F)(F)C(F)F. The van der Waals surface area contributed by atoms with Gasteiger partial charge < -0.3 is 9.47 Å². The van der Waals surface area contributed by atoms with Gasteiger partial charge in [-0.2, -0.15) is 87.8 Å². The third-order valence-electron chi connectivity index (χ3n) is 6.25. The number of esters is 2. The molecule has 0 radical (unpaired) electrons. The number of thioether (sulfide) groups is 1. The Hall–Kier alpha value is -1.70. The molecule has 0 saturated heterocycles. The summed E-state index contributed by atoms with van der Waals surface area (Å²) < 4.78 is 327. The van der Waals surface area contributed by atoms with Crippen LogP contribution in [0.2, 0.25) is 0 Å². The van der Waals surface area contributed by atoms with Gasteiger partial charge in [0.1, 0.15) is 5.25 Å². The molecule has 0 aliphatic heterocycles. The van der Waals surface area contributed by atoms with Gasteiger partial charge >= 0.3 is 84.0 Å². The number of halogens is 25. The van der Waals surface area contributed by atoms with Crippen LogP contribution in [-0.4, -0.2) is 132 Å². The summed E-state index contributed by atoms with van der Waals surface area (Å²) in [6, 6.07) is 0. The molecule has 5 nitrogen and oxygen atoms in total. The summed E-state index contributed by atoms with van der Waals surface area (Å²) in [7, 11) is 2.72. The molecule has 0 spiro atoms. The fourth-order valence-electron chi connectivity index (χ4n) is 2.99. The molecule has 0 heterocycles. The number of hydrogen-bond acceptors (Lipinski definition) is 5. The molecule has 0 rings (SSSR count). The van der Waals surface area contributed by atoms with Crippen molar-refractivity contribution in [2.75, 3.05) is 39.6 Å². The van der Waals surface area contributed by atoms with E-state index in [1.165, 1.54) is 14.1 Å². The number of carbonyl (C=O) groups excluding carboxylic acids is 2. The average Bonchev–Trinajstić information content (AvgIpc) is 2.96. The summed E-state index contributed by atoms with van der Waals surface area (Å²) in [5.41, 5.74) is 0. The molecule has 0 aromatic heterocycles. The van der Waals surface area contributed by atoms with E-state index in [4.69, 9.17) is 0 Å². The summed E-state index contributed by atoms with van der Waals surface area (Å²) in [6.45, 7) is -7.29. The molecular formula is C22H19F24INO4S+. The first-order valence-corrected chi connectivity index (χ1v) is 14.8. The van der Waals surface area contributed by atoms with E-state index in [1.54, 1.807) is 22.9 Å². The standard InChI is InChI=1S/C22H19F24INO4S/c1-48(2,47)3-4-53-8(10(50)52-7-14(29,30)18(37,38)22(45,46)20(41,42)16(33,34)12(25)26)5-9(49)51-6-13(27,28)17(35,36)21(43,44)19(39,40)15(31,32)11(23)24/h8,11-12H,3-7H2,1-2H3/q+1. The second kappa shape index (κ2) is 16.0. The van der Waals surface area contributed by atoms with Gasteiger partial charge in [0.15, 0.2) is 13.2 Å². The highest BCUT2D eigenvalue weighted by Gasteiger charge is 2.89. The Morgan fingerprint density at radius 3 is 1.19 bits per heavy atom. The van der Waals surface area contributed by atoms with Crippen molar-refractivity contribution in [1.82, 2.24) is 0 Å². The van der Waals surface area contributed by atoms with Gasteiger partial charge in [-0.15, -0.1) is 11.8 Å². The van der Waals surface area contributed by atoms with Gasteiger partial charge in [0.25, 0.3) is 0 Å². The van der Waals surface area contributed by atoms with Gasteiger partial charge in [-0.05, 0) is 0 Å². The van der Waals surface area contributed by atoms with Crippen LogP contribution in [0.1, 0.15) is 6.42 Å². The largest absolute Gasteiger partial charge is 0.459 e. The number of carbonyl (C=O) groups is 2. The van der Waals surface area contributed by atoms with E-state index < -0.39 is 115 Å². The van der Waals surface area contributed by atoms with Crippen LogP contribution < -0.4 is 0 Å². The third kappa shape index (κ3) is 9.82.